The van der Waals surface area contributed by atoms with Crippen molar-refractivity contribution in [3.05, 3.63) is 29.6 Å². The number of terminal acetylenes is 1. The topological polar surface area (TPSA) is 12.9 Å². The highest BCUT2D eigenvalue weighted by Gasteiger charge is 2.17. The first kappa shape index (κ1) is 8.80. The fraction of sp³-hybridized carbons (Fsp3) is 0.364. The Bertz CT molecular complexity index is 301. The van der Waals surface area contributed by atoms with Gasteiger partial charge in [0.15, 0.2) is 0 Å². The Morgan fingerprint density at radius 1 is 1.42 bits per heavy atom. The summed E-state index contributed by atoms with van der Waals surface area (Å²) in [6.45, 7) is 6.00. The summed E-state index contributed by atoms with van der Waals surface area (Å²) in [5.41, 5.74) is 1.86. The molecule has 0 saturated carbocycles. The van der Waals surface area contributed by atoms with E-state index in [0.717, 1.165) is 11.3 Å². The standard InChI is InChI=1S/C11H13N/c1-5-11(3,4)10-7-6-9(2)8-12-10/h1,6-8H,2-4H3. The maximum absolute atomic E-state index is 5.39. The smallest absolute Gasteiger partial charge is 0.0675 e. The molecule has 0 aromatic carbocycles. The minimum Gasteiger partial charge on any atom is -0.259 e. The molecule has 0 unspecified atom stereocenters. The maximum Gasteiger partial charge on any atom is 0.0675 e. The first-order valence-electron chi connectivity index (χ1n) is 3.97. The molecule has 62 valence electrons. The van der Waals surface area contributed by atoms with Gasteiger partial charge < -0.3 is 0 Å². The number of aromatic nitrogens is 1. The molecule has 0 aliphatic rings. The van der Waals surface area contributed by atoms with Crippen molar-refractivity contribution in [3.8, 4) is 12.3 Å². The van der Waals surface area contributed by atoms with E-state index < -0.39 is 0 Å². The SMILES string of the molecule is C#CC(C)(C)c1ccc(C)cn1. The van der Waals surface area contributed by atoms with Crippen molar-refractivity contribution in [3.63, 3.8) is 0 Å². The first-order valence-corrected chi connectivity index (χ1v) is 3.97. The van der Waals surface area contributed by atoms with Crippen LogP contribution in [0.2, 0.25) is 0 Å². The van der Waals surface area contributed by atoms with Gasteiger partial charge in [-0.25, -0.2) is 0 Å². The molecule has 0 radical (unpaired) electrons. The molecular weight excluding hydrogens is 146 g/mol. The number of aryl methyl sites for hydroxylation is 1. The van der Waals surface area contributed by atoms with E-state index in [-0.39, 0.29) is 5.41 Å². The van der Waals surface area contributed by atoms with Gasteiger partial charge in [0, 0.05) is 6.20 Å². The van der Waals surface area contributed by atoms with E-state index in [2.05, 4.69) is 10.9 Å². The van der Waals surface area contributed by atoms with Gasteiger partial charge >= 0.3 is 0 Å². The molecule has 0 fully saturated rings. The van der Waals surface area contributed by atoms with Crippen LogP contribution in [0.25, 0.3) is 0 Å². The third kappa shape index (κ3) is 1.65. The van der Waals surface area contributed by atoms with Gasteiger partial charge in [-0.15, -0.1) is 6.42 Å². The summed E-state index contributed by atoms with van der Waals surface area (Å²) in [6.07, 6.45) is 7.23. The molecule has 1 aromatic rings. The van der Waals surface area contributed by atoms with Crippen LogP contribution in [0.15, 0.2) is 18.3 Å². The van der Waals surface area contributed by atoms with Gasteiger partial charge in [-0.05, 0) is 32.4 Å². The molecule has 1 nitrogen and oxygen atoms in total. The zero-order valence-corrected chi connectivity index (χ0v) is 7.76. The second-order valence-electron chi connectivity index (χ2n) is 3.49. The second-order valence-corrected chi connectivity index (χ2v) is 3.49. The summed E-state index contributed by atoms with van der Waals surface area (Å²) in [5, 5.41) is 0. The highest BCUT2D eigenvalue weighted by molar-refractivity contribution is 5.27. The van der Waals surface area contributed by atoms with Crippen LogP contribution >= 0.6 is 0 Å². The van der Waals surface area contributed by atoms with Crippen LogP contribution in [-0.4, -0.2) is 4.98 Å². The normalized spacial score (nSPS) is 10.8. The van der Waals surface area contributed by atoms with E-state index in [1.807, 2.05) is 39.1 Å². The molecule has 0 bridgehead atoms. The summed E-state index contributed by atoms with van der Waals surface area (Å²) in [4.78, 5) is 4.28. The minimum absolute atomic E-state index is 0.256. The molecule has 0 saturated heterocycles. The molecule has 0 aliphatic carbocycles. The molecule has 0 amide bonds. The maximum atomic E-state index is 5.39. The zero-order valence-electron chi connectivity index (χ0n) is 7.76. The third-order valence-electron chi connectivity index (χ3n) is 1.91. The fourth-order valence-corrected chi connectivity index (χ4v) is 0.911. The van der Waals surface area contributed by atoms with E-state index in [4.69, 9.17) is 6.42 Å². The Kier molecular flexibility index (Phi) is 2.19. The lowest BCUT2D eigenvalue weighted by molar-refractivity contribution is 0.670. The lowest BCUT2D eigenvalue weighted by Crippen LogP contribution is -2.15. The molecular formula is C11H13N. The third-order valence-corrected chi connectivity index (χ3v) is 1.91. The quantitative estimate of drug-likeness (QED) is 0.573. The summed E-state index contributed by atoms with van der Waals surface area (Å²) >= 11 is 0. The van der Waals surface area contributed by atoms with Crippen LogP contribution in [0.5, 0.6) is 0 Å². The number of nitrogens with zero attached hydrogens (tertiary/aromatic N) is 1. The van der Waals surface area contributed by atoms with Crippen LogP contribution < -0.4 is 0 Å². The van der Waals surface area contributed by atoms with E-state index >= 15 is 0 Å². The van der Waals surface area contributed by atoms with Gasteiger partial charge in [-0.1, -0.05) is 12.0 Å². The van der Waals surface area contributed by atoms with Gasteiger partial charge in [-0.3, -0.25) is 4.98 Å². The van der Waals surface area contributed by atoms with Crippen molar-refractivity contribution < 1.29 is 0 Å². The summed E-state index contributed by atoms with van der Waals surface area (Å²) in [5.74, 6) is 2.71. The van der Waals surface area contributed by atoms with Crippen LogP contribution in [0, 0.1) is 19.3 Å². The Hall–Kier alpha value is -1.29. The first-order chi connectivity index (χ1) is 5.56. The average Bonchev–Trinajstić information content (AvgIpc) is 2.05. The van der Waals surface area contributed by atoms with Gasteiger partial charge in [0.2, 0.25) is 0 Å². The number of pyridine rings is 1. The van der Waals surface area contributed by atoms with Gasteiger partial charge in [0.05, 0.1) is 11.1 Å². The summed E-state index contributed by atoms with van der Waals surface area (Å²) < 4.78 is 0. The van der Waals surface area contributed by atoms with Crippen LogP contribution in [0.3, 0.4) is 0 Å². The van der Waals surface area contributed by atoms with Gasteiger partial charge in [-0.2, -0.15) is 0 Å². The van der Waals surface area contributed by atoms with Crippen molar-refractivity contribution in [2.75, 3.05) is 0 Å². The summed E-state index contributed by atoms with van der Waals surface area (Å²) in [6, 6.07) is 4.01. The minimum atomic E-state index is -0.256. The second kappa shape index (κ2) is 2.98. The lowest BCUT2D eigenvalue weighted by atomic mass is 9.90. The van der Waals surface area contributed by atoms with Crippen molar-refractivity contribution in [2.24, 2.45) is 0 Å². The summed E-state index contributed by atoms with van der Waals surface area (Å²) in [7, 11) is 0. The molecule has 1 aromatic heterocycles. The lowest BCUT2D eigenvalue weighted by Gasteiger charge is -2.16. The number of rotatable bonds is 1. The molecule has 0 spiro atoms. The van der Waals surface area contributed by atoms with E-state index in [1.165, 1.54) is 0 Å². The molecule has 0 atom stereocenters. The van der Waals surface area contributed by atoms with Gasteiger partial charge in [0.1, 0.15) is 0 Å². The Morgan fingerprint density at radius 2 is 2.08 bits per heavy atom. The van der Waals surface area contributed by atoms with Crippen molar-refractivity contribution >= 4 is 0 Å². The van der Waals surface area contributed by atoms with E-state index in [0.29, 0.717) is 0 Å². The van der Waals surface area contributed by atoms with Crippen molar-refractivity contribution in [2.45, 2.75) is 26.2 Å². The number of hydrogen-bond donors (Lipinski definition) is 0. The van der Waals surface area contributed by atoms with Gasteiger partial charge in [0.25, 0.3) is 0 Å². The predicted octanol–water partition coefficient (Wildman–Crippen LogP) is 2.30. The van der Waals surface area contributed by atoms with Crippen LogP contribution in [-0.2, 0) is 5.41 Å². The largest absolute Gasteiger partial charge is 0.259 e. The Morgan fingerprint density at radius 3 is 2.50 bits per heavy atom. The Balaban J connectivity index is 3.07. The molecule has 1 heteroatoms. The Labute approximate surface area is 73.8 Å². The van der Waals surface area contributed by atoms with Crippen molar-refractivity contribution in [1.82, 2.24) is 4.98 Å². The molecule has 1 heterocycles. The van der Waals surface area contributed by atoms with E-state index in [1.54, 1.807) is 0 Å². The molecule has 12 heavy (non-hydrogen) atoms. The monoisotopic (exact) mass is 159 g/mol. The van der Waals surface area contributed by atoms with Crippen LogP contribution in [0.4, 0.5) is 0 Å². The zero-order chi connectivity index (χ0) is 9.19. The molecule has 1 rings (SSSR count). The fourth-order valence-electron chi connectivity index (χ4n) is 0.911. The van der Waals surface area contributed by atoms with Crippen molar-refractivity contribution in [1.29, 1.82) is 0 Å². The van der Waals surface area contributed by atoms with E-state index in [9.17, 15) is 0 Å². The molecule has 0 N–H and O–H groups in total. The average molecular weight is 159 g/mol. The highest BCUT2D eigenvalue weighted by atomic mass is 14.7. The predicted molar refractivity (Wildman–Crippen MR) is 50.8 cm³/mol. The van der Waals surface area contributed by atoms with Crippen LogP contribution in [0.1, 0.15) is 25.1 Å². The highest BCUT2D eigenvalue weighted by Crippen LogP contribution is 2.19. The number of hydrogen-bond acceptors (Lipinski definition) is 1. The molecule has 0 aliphatic heterocycles.